The molecule has 0 aliphatic carbocycles. The second kappa shape index (κ2) is 6.96. The molecule has 2 heterocycles. The summed E-state index contributed by atoms with van der Waals surface area (Å²) >= 11 is 3.44. The van der Waals surface area contributed by atoms with Gasteiger partial charge in [0.1, 0.15) is 5.65 Å². The lowest BCUT2D eigenvalue weighted by atomic mass is 10.2. The molecule has 23 heavy (non-hydrogen) atoms. The number of halogens is 1. The van der Waals surface area contributed by atoms with Crippen LogP contribution in [0.4, 0.5) is 5.69 Å². The zero-order chi connectivity index (χ0) is 16.2. The summed E-state index contributed by atoms with van der Waals surface area (Å²) < 4.78 is 2.98. The first-order valence-corrected chi connectivity index (χ1v) is 8.49. The van der Waals surface area contributed by atoms with Gasteiger partial charge in [0, 0.05) is 28.9 Å². The molecule has 0 aliphatic rings. The summed E-state index contributed by atoms with van der Waals surface area (Å²) in [4.78, 5) is 16.4. The van der Waals surface area contributed by atoms with Crippen molar-refractivity contribution in [3.8, 4) is 11.3 Å². The summed E-state index contributed by atoms with van der Waals surface area (Å²) in [6.45, 7) is 2.08. The number of hydrogen-bond acceptors (Lipinski definition) is 2. The molecule has 0 aliphatic heterocycles. The maximum atomic E-state index is 11.8. The molecule has 0 unspecified atom stereocenters. The lowest BCUT2D eigenvalue weighted by Gasteiger charge is -2.05. The standard InChI is InChI=1S/C18H18BrN3O/c1-2-3-4-18(23)20-15-9-10-17-21-16(12-22(17)11-15)13-5-7-14(19)8-6-13/h5-12H,2-4H2,1H3,(H,20,23). The highest BCUT2D eigenvalue weighted by atomic mass is 79.9. The molecule has 1 N–H and O–H groups in total. The quantitative estimate of drug-likeness (QED) is 0.693. The van der Waals surface area contributed by atoms with Crippen LogP contribution in [0.1, 0.15) is 26.2 Å². The predicted octanol–water partition coefficient (Wildman–Crippen LogP) is 4.89. The zero-order valence-electron chi connectivity index (χ0n) is 12.9. The van der Waals surface area contributed by atoms with Crippen LogP contribution in [0.2, 0.25) is 0 Å². The smallest absolute Gasteiger partial charge is 0.224 e. The molecule has 0 saturated carbocycles. The molecule has 5 heteroatoms. The van der Waals surface area contributed by atoms with Gasteiger partial charge in [0.2, 0.25) is 5.91 Å². The number of fused-ring (bicyclic) bond motifs is 1. The number of carbonyl (C=O) groups is 1. The average molecular weight is 372 g/mol. The third kappa shape index (κ3) is 3.79. The van der Waals surface area contributed by atoms with Gasteiger partial charge in [0.05, 0.1) is 11.4 Å². The Kier molecular flexibility index (Phi) is 4.76. The van der Waals surface area contributed by atoms with Crippen molar-refractivity contribution in [2.45, 2.75) is 26.2 Å². The topological polar surface area (TPSA) is 46.4 Å². The molecule has 0 saturated heterocycles. The molecule has 0 atom stereocenters. The van der Waals surface area contributed by atoms with E-state index < -0.39 is 0 Å². The van der Waals surface area contributed by atoms with Crippen LogP contribution in [0, 0.1) is 0 Å². The van der Waals surface area contributed by atoms with Crippen molar-refractivity contribution in [1.29, 1.82) is 0 Å². The van der Waals surface area contributed by atoms with Gasteiger partial charge in [-0.1, -0.05) is 41.4 Å². The molecular weight excluding hydrogens is 354 g/mol. The largest absolute Gasteiger partial charge is 0.325 e. The summed E-state index contributed by atoms with van der Waals surface area (Å²) in [7, 11) is 0. The van der Waals surface area contributed by atoms with E-state index in [4.69, 9.17) is 0 Å². The number of unbranched alkanes of at least 4 members (excludes halogenated alkanes) is 1. The fourth-order valence-corrected chi connectivity index (χ4v) is 2.65. The second-order valence-corrected chi connectivity index (χ2v) is 6.38. The number of benzene rings is 1. The number of nitrogens with zero attached hydrogens (tertiary/aromatic N) is 2. The van der Waals surface area contributed by atoms with Gasteiger partial charge < -0.3 is 9.72 Å². The molecule has 0 fully saturated rings. The van der Waals surface area contributed by atoms with E-state index in [2.05, 4.69) is 33.2 Å². The number of hydrogen-bond donors (Lipinski definition) is 1. The van der Waals surface area contributed by atoms with Crippen LogP contribution in [0.3, 0.4) is 0 Å². The van der Waals surface area contributed by atoms with Crippen LogP contribution in [0.15, 0.2) is 53.3 Å². The number of anilines is 1. The molecule has 0 bridgehead atoms. The Morgan fingerprint density at radius 3 is 2.70 bits per heavy atom. The van der Waals surface area contributed by atoms with E-state index in [1.165, 1.54) is 0 Å². The summed E-state index contributed by atoms with van der Waals surface area (Å²) in [5.41, 5.74) is 3.62. The minimum atomic E-state index is 0.0550. The Hall–Kier alpha value is -2.14. The van der Waals surface area contributed by atoms with Gasteiger partial charge in [0.25, 0.3) is 0 Å². The van der Waals surface area contributed by atoms with Gasteiger partial charge in [-0.05, 0) is 30.7 Å². The summed E-state index contributed by atoms with van der Waals surface area (Å²) in [5, 5.41) is 2.93. The van der Waals surface area contributed by atoms with E-state index in [-0.39, 0.29) is 5.91 Å². The van der Waals surface area contributed by atoms with Gasteiger partial charge >= 0.3 is 0 Å². The highest BCUT2D eigenvalue weighted by Gasteiger charge is 2.06. The van der Waals surface area contributed by atoms with Crippen molar-refractivity contribution in [3.63, 3.8) is 0 Å². The van der Waals surface area contributed by atoms with Crippen LogP contribution in [-0.4, -0.2) is 15.3 Å². The maximum Gasteiger partial charge on any atom is 0.224 e. The fraction of sp³-hybridized carbons (Fsp3) is 0.222. The third-order valence-corrected chi connectivity index (χ3v) is 4.16. The van der Waals surface area contributed by atoms with E-state index in [0.29, 0.717) is 6.42 Å². The number of aromatic nitrogens is 2. The number of carbonyl (C=O) groups excluding carboxylic acids is 1. The van der Waals surface area contributed by atoms with Crippen LogP contribution in [-0.2, 0) is 4.79 Å². The number of rotatable bonds is 5. The molecule has 3 rings (SSSR count). The number of nitrogens with one attached hydrogen (secondary N) is 1. The lowest BCUT2D eigenvalue weighted by molar-refractivity contribution is -0.116. The Labute approximate surface area is 143 Å². The van der Waals surface area contributed by atoms with Crippen molar-refractivity contribution in [1.82, 2.24) is 9.38 Å². The van der Waals surface area contributed by atoms with Gasteiger partial charge in [-0.15, -0.1) is 0 Å². The lowest BCUT2D eigenvalue weighted by Crippen LogP contribution is -2.11. The Bertz CT molecular complexity index is 824. The molecular formula is C18H18BrN3O. The summed E-state index contributed by atoms with van der Waals surface area (Å²) in [6.07, 6.45) is 6.36. The SMILES string of the molecule is CCCCC(=O)Nc1ccc2nc(-c3ccc(Br)cc3)cn2c1. The van der Waals surface area contributed by atoms with Gasteiger partial charge in [0.15, 0.2) is 0 Å². The maximum absolute atomic E-state index is 11.8. The van der Waals surface area contributed by atoms with E-state index in [9.17, 15) is 4.79 Å². The van der Waals surface area contributed by atoms with Crippen molar-refractivity contribution < 1.29 is 4.79 Å². The molecule has 2 aromatic heterocycles. The first-order valence-electron chi connectivity index (χ1n) is 7.70. The predicted molar refractivity (Wildman–Crippen MR) is 96.5 cm³/mol. The summed E-state index contributed by atoms with van der Waals surface area (Å²) in [5.74, 6) is 0.0550. The molecule has 3 aromatic rings. The highest BCUT2D eigenvalue weighted by molar-refractivity contribution is 9.10. The molecule has 1 aromatic carbocycles. The number of imidazole rings is 1. The normalized spacial score (nSPS) is 10.9. The van der Waals surface area contributed by atoms with E-state index in [0.717, 1.165) is 39.9 Å². The fourth-order valence-electron chi connectivity index (χ4n) is 2.39. The van der Waals surface area contributed by atoms with E-state index >= 15 is 0 Å². The third-order valence-electron chi connectivity index (χ3n) is 3.63. The average Bonchev–Trinajstić information content (AvgIpc) is 2.96. The van der Waals surface area contributed by atoms with E-state index in [1.54, 1.807) is 0 Å². The molecule has 0 radical (unpaired) electrons. The minimum Gasteiger partial charge on any atom is -0.325 e. The van der Waals surface area contributed by atoms with Crippen LogP contribution in [0.5, 0.6) is 0 Å². The van der Waals surface area contributed by atoms with Gasteiger partial charge in [-0.25, -0.2) is 4.98 Å². The van der Waals surface area contributed by atoms with Crippen LogP contribution in [0.25, 0.3) is 16.9 Å². The van der Waals surface area contributed by atoms with Crippen LogP contribution < -0.4 is 5.32 Å². The first-order chi connectivity index (χ1) is 11.2. The monoisotopic (exact) mass is 371 g/mol. The Balaban J connectivity index is 1.83. The van der Waals surface area contributed by atoms with Gasteiger partial charge in [-0.3, -0.25) is 4.79 Å². The van der Waals surface area contributed by atoms with Crippen molar-refractivity contribution in [2.75, 3.05) is 5.32 Å². The zero-order valence-corrected chi connectivity index (χ0v) is 14.5. The van der Waals surface area contributed by atoms with Crippen LogP contribution >= 0.6 is 15.9 Å². The van der Waals surface area contributed by atoms with E-state index in [1.807, 2.05) is 53.2 Å². The minimum absolute atomic E-state index is 0.0550. The summed E-state index contributed by atoms with van der Waals surface area (Å²) in [6, 6.07) is 11.9. The number of pyridine rings is 1. The Morgan fingerprint density at radius 2 is 1.96 bits per heavy atom. The van der Waals surface area contributed by atoms with Gasteiger partial charge in [-0.2, -0.15) is 0 Å². The van der Waals surface area contributed by atoms with Crippen molar-refractivity contribution in [3.05, 3.63) is 53.3 Å². The molecule has 1 amide bonds. The number of amides is 1. The van der Waals surface area contributed by atoms with Crippen molar-refractivity contribution in [2.24, 2.45) is 0 Å². The highest BCUT2D eigenvalue weighted by Crippen LogP contribution is 2.22. The molecule has 0 spiro atoms. The molecule has 118 valence electrons. The first kappa shape index (κ1) is 15.7. The second-order valence-electron chi connectivity index (χ2n) is 5.47. The molecule has 4 nitrogen and oxygen atoms in total. The Morgan fingerprint density at radius 1 is 1.17 bits per heavy atom. The van der Waals surface area contributed by atoms with Crippen molar-refractivity contribution >= 4 is 33.2 Å².